The molecule has 0 fully saturated rings. The van der Waals surface area contributed by atoms with Crippen LogP contribution in [0.25, 0.3) is 0 Å². The number of hydrogen-bond donors (Lipinski definition) is 2. The summed E-state index contributed by atoms with van der Waals surface area (Å²) < 4.78 is 0. The number of benzene rings is 1. The summed E-state index contributed by atoms with van der Waals surface area (Å²) in [5, 5.41) is 3.19. The Bertz CT molecular complexity index is 563. The van der Waals surface area contributed by atoms with E-state index in [-0.39, 0.29) is 11.8 Å². The number of carbonyl (C=O) groups excluding carboxylic acids is 1. The van der Waals surface area contributed by atoms with Gasteiger partial charge in [-0.15, -0.1) is 6.58 Å². The molecule has 0 spiro atoms. The fourth-order valence-electron chi connectivity index (χ4n) is 3.29. The van der Waals surface area contributed by atoms with E-state index in [1.165, 1.54) is 0 Å². The molecule has 138 valence electrons. The number of rotatable bonds is 10. The molecular formula is C22H34N2O. The van der Waals surface area contributed by atoms with Gasteiger partial charge in [0.25, 0.3) is 0 Å². The van der Waals surface area contributed by atoms with Gasteiger partial charge >= 0.3 is 0 Å². The molecule has 1 aromatic rings. The Balaban J connectivity index is 0.00000277. The summed E-state index contributed by atoms with van der Waals surface area (Å²) in [6, 6.07) is 9.75. The van der Waals surface area contributed by atoms with Gasteiger partial charge in [-0.1, -0.05) is 82.3 Å². The molecule has 0 aliphatic heterocycles. The van der Waals surface area contributed by atoms with Gasteiger partial charge in [-0.2, -0.15) is 0 Å². The van der Waals surface area contributed by atoms with Gasteiger partial charge in [0.1, 0.15) is 5.41 Å². The minimum atomic E-state index is -0.899. The normalized spacial score (nSPS) is 14.5. The molecule has 1 rings (SSSR count). The molecule has 0 aliphatic rings. The number of hydrogen-bond acceptors (Lipinski definition) is 2. The van der Waals surface area contributed by atoms with Crippen molar-refractivity contribution in [3.05, 3.63) is 72.9 Å². The Morgan fingerprint density at radius 3 is 2.28 bits per heavy atom. The van der Waals surface area contributed by atoms with Crippen LogP contribution in [-0.4, -0.2) is 19.5 Å². The first kappa shape index (κ1) is 22.9. The Morgan fingerprint density at radius 2 is 1.88 bits per heavy atom. The highest BCUT2D eigenvalue weighted by molar-refractivity contribution is 5.92. The van der Waals surface area contributed by atoms with E-state index in [1.807, 2.05) is 57.3 Å². The van der Waals surface area contributed by atoms with Gasteiger partial charge < -0.3 is 11.1 Å². The van der Waals surface area contributed by atoms with E-state index in [1.54, 1.807) is 12.2 Å². The predicted octanol–water partition coefficient (Wildman–Crippen LogP) is 4.37. The van der Waals surface area contributed by atoms with E-state index >= 15 is 0 Å². The highest BCUT2D eigenvalue weighted by Gasteiger charge is 2.46. The Hall–Kier alpha value is -2.13. The van der Waals surface area contributed by atoms with Gasteiger partial charge in [0, 0.05) is 0 Å². The molecule has 0 radical (unpaired) electrons. The molecule has 3 N–H and O–H groups in total. The van der Waals surface area contributed by atoms with E-state index in [0.29, 0.717) is 13.0 Å². The third kappa shape index (κ3) is 5.17. The molecule has 3 heteroatoms. The lowest BCUT2D eigenvalue weighted by atomic mass is 9.63. The lowest BCUT2D eigenvalue weighted by molar-refractivity contribution is -0.124. The fourth-order valence-corrected chi connectivity index (χ4v) is 3.29. The third-order valence-electron chi connectivity index (χ3n) is 4.35. The molecule has 3 nitrogen and oxygen atoms in total. The minimum absolute atomic E-state index is 0.0291. The van der Waals surface area contributed by atoms with Crippen molar-refractivity contribution in [2.24, 2.45) is 11.7 Å². The average molecular weight is 343 g/mol. The standard InChI is InChI=1S/C20H28N2O.C2H6/c1-5-8-12-16(6-2)20(19(21)23,17(7-3)15-22-4)18-13-10-9-11-14-18;1-2/h5-6,9-14,17,22H,1-2,7-8,15H2,3-4H3,(H2,21,23);1-2H3/b16-12+;. The summed E-state index contributed by atoms with van der Waals surface area (Å²) in [7, 11) is 1.89. The van der Waals surface area contributed by atoms with Gasteiger partial charge in [0.2, 0.25) is 5.91 Å². The SMILES string of the molecule is C=CC/C=C(\C=C)C(C(N)=O)(c1ccccc1)C(CC)CNC.CC. The fraction of sp³-hybridized carbons (Fsp3) is 0.409. The monoisotopic (exact) mass is 342 g/mol. The van der Waals surface area contributed by atoms with Gasteiger partial charge in [-0.25, -0.2) is 0 Å². The molecule has 0 bridgehead atoms. The second-order valence-corrected chi connectivity index (χ2v) is 5.59. The van der Waals surface area contributed by atoms with Crippen molar-refractivity contribution in [1.82, 2.24) is 5.32 Å². The first-order valence-corrected chi connectivity index (χ1v) is 9.03. The molecule has 0 aliphatic carbocycles. The minimum Gasteiger partial charge on any atom is -0.369 e. The number of nitrogens with one attached hydrogen (secondary N) is 1. The largest absolute Gasteiger partial charge is 0.369 e. The molecule has 1 amide bonds. The van der Waals surface area contributed by atoms with E-state index in [4.69, 9.17) is 5.73 Å². The predicted molar refractivity (Wildman–Crippen MR) is 109 cm³/mol. The molecule has 0 heterocycles. The van der Waals surface area contributed by atoms with Crippen molar-refractivity contribution in [1.29, 1.82) is 0 Å². The summed E-state index contributed by atoms with van der Waals surface area (Å²) in [6.45, 7) is 14.5. The van der Waals surface area contributed by atoms with E-state index in [2.05, 4.69) is 25.4 Å². The van der Waals surface area contributed by atoms with Crippen molar-refractivity contribution in [3.63, 3.8) is 0 Å². The first-order chi connectivity index (χ1) is 12.1. The van der Waals surface area contributed by atoms with Gasteiger partial charge in [0.15, 0.2) is 0 Å². The molecule has 1 aromatic carbocycles. The molecule has 0 saturated carbocycles. The highest BCUT2D eigenvalue weighted by atomic mass is 16.1. The summed E-state index contributed by atoms with van der Waals surface area (Å²) in [5.74, 6) is -0.317. The van der Waals surface area contributed by atoms with Crippen LogP contribution < -0.4 is 11.1 Å². The topological polar surface area (TPSA) is 55.1 Å². The molecule has 0 saturated heterocycles. The average Bonchev–Trinajstić information content (AvgIpc) is 2.65. The van der Waals surface area contributed by atoms with Gasteiger partial charge in [-0.05, 0) is 37.1 Å². The van der Waals surface area contributed by atoms with Crippen LogP contribution in [-0.2, 0) is 10.2 Å². The van der Waals surface area contributed by atoms with E-state index in [9.17, 15) is 4.79 Å². The lowest BCUT2D eigenvalue weighted by Gasteiger charge is -2.40. The van der Waals surface area contributed by atoms with E-state index < -0.39 is 5.41 Å². The molecule has 25 heavy (non-hydrogen) atoms. The number of allylic oxidation sites excluding steroid dienone is 3. The summed E-state index contributed by atoms with van der Waals surface area (Å²) in [5.41, 5.74) is 6.83. The van der Waals surface area contributed by atoms with Crippen molar-refractivity contribution in [2.75, 3.05) is 13.6 Å². The number of nitrogens with two attached hydrogens (primary N) is 1. The van der Waals surface area contributed by atoms with E-state index in [0.717, 1.165) is 17.6 Å². The van der Waals surface area contributed by atoms with Gasteiger partial charge in [-0.3, -0.25) is 4.79 Å². The van der Waals surface area contributed by atoms with Crippen LogP contribution in [0.1, 0.15) is 39.2 Å². The number of amides is 1. The van der Waals surface area contributed by atoms with Crippen LogP contribution in [0.15, 0.2) is 67.3 Å². The smallest absolute Gasteiger partial charge is 0.232 e. The lowest BCUT2D eigenvalue weighted by Crippen LogP contribution is -2.51. The first-order valence-electron chi connectivity index (χ1n) is 9.03. The third-order valence-corrected chi connectivity index (χ3v) is 4.35. The molecule has 2 unspecified atom stereocenters. The zero-order valence-corrected chi connectivity index (χ0v) is 16.2. The van der Waals surface area contributed by atoms with Crippen LogP contribution in [0.5, 0.6) is 0 Å². The quantitative estimate of drug-likeness (QED) is 0.490. The maximum Gasteiger partial charge on any atom is 0.232 e. The van der Waals surface area contributed by atoms with Gasteiger partial charge in [0.05, 0.1) is 0 Å². The van der Waals surface area contributed by atoms with Crippen LogP contribution in [0.4, 0.5) is 0 Å². The summed E-state index contributed by atoms with van der Waals surface area (Å²) in [6.07, 6.45) is 7.03. The number of primary amides is 1. The Morgan fingerprint density at radius 1 is 1.28 bits per heavy atom. The zero-order valence-electron chi connectivity index (χ0n) is 16.2. The Kier molecular flexibility index (Phi) is 11.2. The summed E-state index contributed by atoms with van der Waals surface area (Å²) in [4.78, 5) is 12.7. The van der Waals surface area contributed by atoms with Crippen molar-refractivity contribution >= 4 is 5.91 Å². The molecular weight excluding hydrogens is 308 g/mol. The second kappa shape index (κ2) is 12.3. The van der Waals surface area contributed by atoms with Crippen LogP contribution in [0, 0.1) is 5.92 Å². The van der Waals surface area contributed by atoms with Crippen LogP contribution in [0.3, 0.4) is 0 Å². The zero-order chi connectivity index (χ0) is 19.3. The maximum absolute atomic E-state index is 12.7. The summed E-state index contributed by atoms with van der Waals surface area (Å²) >= 11 is 0. The van der Waals surface area contributed by atoms with Crippen LogP contribution in [0.2, 0.25) is 0 Å². The highest BCUT2D eigenvalue weighted by Crippen LogP contribution is 2.41. The Labute approximate surface area is 153 Å². The van der Waals surface area contributed by atoms with Crippen LogP contribution >= 0.6 is 0 Å². The molecule has 2 atom stereocenters. The second-order valence-electron chi connectivity index (χ2n) is 5.59. The van der Waals surface area contributed by atoms with Crippen molar-refractivity contribution < 1.29 is 4.79 Å². The molecule has 0 aromatic heterocycles. The van der Waals surface area contributed by atoms with Crippen molar-refractivity contribution in [3.8, 4) is 0 Å². The van der Waals surface area contributed by atoms with Crippen molar-refractivity contribution in [2.45, 2.75) is 39.0 Å². The maximum atomic E-state index is 12.7. The number of carbonyl (C=O) groups is 1.